The zero-order valence-corrected chi connectivity index (χ0v) is 14.7. The Kier molecular flexibility index (Phi) is 5.37. The standard InChI is InChI=1S/C18H11Cl2N3S/c19-12-6-7-14(16(20)10-12)15(11-21)17-8-9-18(23-22-17)24-13-4-2-1-3-5-13/h1-10,15H/t15-/m1/s1. The Balaban J connectivity index is 1.84. The molecule has 1 atom stereocenters. The van der Waals surface area contributed by atoms with Gasteiger partial charge in [-0.3, -0.25) is 0 Å². The van der Waals surface area contributed by atoms with Crippen molar-refractivity contribution in [3.8, 4) is 6.07 Å². The Bertz CT molecular complexity index is 877. The molecule has 0 aliphatic carbocycles. The Labute approximate surface area is 154 Å². The van der Waals surface area contributed by atoms with Gasteiger partial charge in [0.2, 0.25) is 0 Å². The van der Waals surface area contributed by atoms with E-state index in [2.05, 4.69) is 16.3 Å². The Hall–Kier alpha value is -2.06. The van der Waals surface area contributed by atoms with Gasteiger partial charge in [-0.05, 0) is 42.0 Å². The number of aromatic nitrogens is 2. The topological polar surface area (TPSA) is 49.6 Å². The summed E-state index contributed by atoms with van der Waals surface area (Å²) in [5.41, 5.74) is 1.22. The fourth-order valence-corrected chi connectivity index (χ4v) is 3.45. The molecule has 0 saturated carbocycles. The molecule has 0 N–H and O–H groups in total. The van der Waals surface area contributed by atoms with E-state index in [1.165, 1.54) is 11.8 Å². The lowest BCUT2D eigenvalue weighted by molar-refractivity contribution is 0.837. The van der Waals surface area contributed by atoms with Crippen LogP contribution >= 0.6 is 35.0 Å². The van der Waals surface area contributed by atoms with Gasteiger partial charge in [0.1, 0.15) is 10.9 Å². The lowest BCUT2D eigenvalue weighted by Crippen LogP contribution is -2.03. The van der Waals surface area contributed by atoms with Crippen LogP contribution in [0.3, 0.4) is 0 Å². The predicted molar refractivity (Wildman–Crippen MR) is 96.5 cm³/mol. The number of rotatable bonds is 4. The van der Waals surface area contributed by atoms with Crippen molar-refractivity contribution in [2.24, 2.45) is 0 Å². The highest BCUT2D eigenvalue weighted by Crippen LogP contribution is 2.32. The van der Waals surface area contributed by atoms with Crippen LogP contribution in [0.4, 0.5) is 0 Å². The summed E-state index contributed by atoms with van der Waals surface area (Å²) in [6.07, 6.45) is 0. The Morgan fingerprint density at radius 3 is 2.38 bits per heavy atom. The summed E-state index contributed by atoms with van der Waals surface area (Å²) in [4.78, 5) is 1.08. The predicted octanol–water partition coefficient (Wildman–Crippen LogP) is 5.59. The van der Waals surface area contributed by atoms with E-state index in [4.69, 9.17) is 23.2 Å². The summed E-state index contributed by atoms with van der Waals surface area (Å²) in [5, 5.41) is 19.7. The zero-order valence-electron chi connectivity index (χ0n) is 12.4. The van der Waals surface area contributed by atoms with Crippen LogP contribution in [0, 0.1) is 11.3 Å². The molecule has 1 heterocycles. The first kappa shape index (κ1) is 16.8. The molecule has 118 valence electrons. The van der Waals surface area contributed by atoms with E-state index in [0.29, 0.717) is 21.3 Å². The summed E-state index contributed by atoms with van der Waals surface area (Å²) in [6.45, 7) is 0. The van der Waals surface area contributed by atoms with Crippen LogP contribution < -0.4 is 0 Å². The summed E-state index contributed by atoms with van der Waals surface area (Å²) in [7, 11) is 0. The first-order valence-corrected chi connectivity index (χ1v) is 8.65. The van der Waals surface area contributed by atoms with Crippen LogP contribution in [0.15, 0.2) is 70.6 Å². The van der Waals surface area contributed by atoms with Crippen LogP contribution in [0.2, 0.25) is 10.0 Å². The van der Waals surface area contributed by atoms with Gasteiger partial charge in [0.15, 0.2) is 0 Å². The van der Waals surface area contributed by atoms with Crippen molar-refractivity contribution in [1.82, 2.24) is 10.2 Å². The number of nitrogens with zero attached hydrogens (tertiary/aromatic N) is 3. The van der Waals surface area contributed by atoms with Gasteiger partial charge in [0, 0.05) is 14.9 Å². The van der Waals surface area contributed by atoms with Gasteiger partial charge in [0.25, 0.3) is 0 Å². The van der Waals surface area contributed by atoms with Gasteiger partial charge in [-0.1, -0.05) is 59.2 Å². The van der Waals surface area contributed by atoms with Crippen molar-refractivity contribution in [3.63, 3.8) is 0 Å². The first-order chi connectivity index (χ1) is 11.7. The second kappa shape index (κ2) is 7.67. The van der Waals surface area contributed by atoms with E-state index in [0.717, 1.165) is 9.92 Å². The molecule has 3 nitrogen and oxygen atoms in total. The second-order valence-electron chi connectivity index (χ2n) is 4.94. The van der Waals surface area contributed by atoms with Crippen LogP contribution in [-0.4, -0.2) is 10.2 Å². The maximum atomic E-state index is 9.52. The molecule has 2 aromatic carbocycles. The first-order valence-electron chi connectivity index (χ1n) is 7.08. The van der Waals surface area contributed by atoms with Crippen LogP contribution in [0.25, 0.3) is 0 Å². The number of hydrogen-bond acceptors (Lipinski definition) is 4. The molecule has 0 spiro atoms. The molecule has 0 saturated heterocycles. The number of hydrogen-bond donors (Lipinski definition) is 0. The quantitative estimate of drug-likeness (QED) is 0.599. The zero-order chi connectivity index (χ0) is 16.9. The third kappa shape index (κ3) is 3.88. The lowest BCUT2D eigenvalue weighted by atomic mass is 9.97. The van der Waals surface area contributed by atoms with Crippen molar-refractivity contribution in [2.45, 2.75) is 15.8 Å². The molecule has 0 amide bonds. The van der Waals surface area contributed by atoms with Crippen molar-refractivity contribution in [2.75, 3.05) is 0 Å². The van der Waals surface area contributed by atoms with Crippen LogP contribution in [0.1, 0.15) is 17.2 Å². The summed E-state index contributed by atoms with van der Waals surface area (Å²) in [5.74, 6) is -0.585. The van der Waals surface area contributed by atoms with E-state index in [9.17, 15) is 5.26 Å². The number of benzene rings is 2. The van der Waals surface area contributed by atoms with Crippen molar-refractivity contribution >= 4 is 35.0 Å². The third-order valence-electron chi connectivity index (χ3n) is 3.32. The molecule has 3 aromatic rings. The molecule has 1 aromatic heterocycles. The fraction of sp³-hybridized carbons (Fsp3) is 0.0556. The van der Waals surface area contributed by atoms with Crippen molar-refractivity contribution in [3.05, 3.63) is 82.0 Å². The summed E-state index contributed by atoms with van der Waals surface area (Å²) >= 11 is 13.6. The van der Waals surface area contributed by atoms with Gasteiger partial charge in [-0.2, -0.15) is 10.4 Å². The summed E-state index contributed by atoms with van der Waals surface area (Å²) in [6, 6.07) is 20.9. The van der Waals surface area contributed by atoms with E-state index in [1.807, 2.05) is 36.4 Å². The number of halogens is 2. The van der Waals surface area contributed by atoms with E-state index in [1.54, 1.807) is 24.3 Å². The van der Waals surface area contributed by atoms with Crippen molar-refractivity contribution in [1.29, 1.82) is 5.26 Å². The summed E-state index contributed by atoms with van der Waals surface area (Å²) < 4.78 is 0. The van der Waals surface area contributed by atoms with Gasteiger partial charge < -0.3 is 0 Å². The second-order valence-corrected chi connectivity index (χ2v) is 6.88. The highest BCUT2D eigenvalue weighted by atomic mass is 35.5. The minimum absolute atomic E-state index is 0.443. The van der Waals surface area contributed by atoms with E-state index < -0.39 is 5.92 Å². The minimum Gasteiger partial charge on any atom is -0.197 e. The van der Waals surface area contributed by atoms with Crippen LogP contribution in [-0.2, 0) is 0 Å². The monoisotopic (exact) mass is 371 g/mol. The Morgan fingerprint density at radius 2 is 1.75 bits per heavy atom. The largest absolute Gasteiger partial charge is 0.197 e. The molecular formula is C18H11Cl2N3S. The van der Waals surface area contributed by atoms with Gasteiger partial charge >= 0.3 is 0 Å². The SMILES string of the molecule is N#C[C@@H](c1ccc(Sc2ccccc2)nn1)c1ccc(Cl)cc1Cl. The molecule has 6 heteroatoms. The molecule has 0 radical (unpaired) electrons. The molecule has 0 unspecified atom stereocenters. The molecule has 3 rings (SSSR count). The molecule has 24 heavy (non-hydrogen) atoms. The Morgan fingerprint density at radius 1 is 0.958 bits per heavy atom. The molecule has 0 aliphatic heterocycles. The fourth-order valence-electron chi connectivity index (χ4n) is 2.18. The smallest absolute Gasteiger partial charge is 0.124 e. The van der Waals surface area contributed by atoms with E-state index in [-0.39, 0.29) is 0 Å². The van der Waals surface area contributed by atoms with Gasteiger partial charge in [0.05, 0.1) is 11.8 Å². The number of nitriles is 1. The molecule has 0 bridgehead atoms. The molecule has 0 fully saturated rings. The maximum absolute atomic E-state index is 9.52. The normalized spacial score (nSPS) is 11.7. The molecular weight excluding hydrogens is 361 g/mol. The third-order valence-corrected chi connectivity index (χ3v) is 4.82. The highest BCUT2D eigenvalue weighted by molar-refractivity contribution is 7.99. The minimum atomic E-state index is -0.585. The maximum Gasteiger partial charge on any atom is 0.124 e. The van der Waals surface area contributed by atoms with E-state index >= 15 is 0 Å². The lowest BCUT2D eigenvalue weighted by Gasteiger charge is -2.11. The average molecular weight is 372 g/mol. The molecule has 0 aliphatic rings. The average Bonchev–Trinajstić information content (AvgIpc) is 2.60. The van der Waals surface area contributed by atoms with Gasteiger partial charge in [-0.15, -0.1) is 5.10 Å². The van der Waals surface area contributed by atoms with Crippen molar-refractivity contribution < 1.29 is 0 Å². The van der Waals surface area contributed by atoms with Crippen LogP contribution in [0.5, 0.6) is 0 Å². The van der Waals surface area contributed by atoms with Gasteiger partial charge in [-0.25, -0.2) is 0 Å². The highest BCUT2D eigenvalue weighted by Gasteiger charge is 2.19.